The van der Waals surface area contributed by atoms with Crippen LogP contribution < -0.4 is 5.43 Å². The number of rotatable bonds is 4. The molecule has 0 bridgehead atoms. The van der Waals surface area contributed by atoms with Crippen molar-refractivity contribution in [3.63, 3.8) is 0 Å². The van der Waals surface area contributed by atoms with Gasteiger partial charge in [0, 0.05) is 14.1 Å². The average molecular weight is 284 g/mol. The summed E-state index contributed by atoms with van der Waals surface area (Å²) in [5.74, 6) is -1.09. The summed E-state index contributed by atoms with van der Waals surface area (Å²) in [6.45, 7) is 5.59. The first-order valence-electron chi connectivity index (χ1n) is 6.06. The molecule has 0 aliphatic carbocycles. The molecule has 8 nitrogen and oxygen atoms in total. The number of nitrogens with one attached hydrogen (secondary N) is 1. The fourth-order valence-electron chi connectivity index (χ4n) is 1.37. The zero-order valence-corrected chi connectivity index (χ0v) is 12.3. The summed E-state index contributed by atoms with van der Waals surface area (Å²) in [4.78, 5) is 22.5. The number of hydrazine groups is 1. The molecule has 0 aliphatic rings. The fourth-order valence-corrected chi connectivity index (χ4v) is 1.37. The van der Waals surface area contributed by atoms with Crippen LogP contribution in [0.1, 0.15) is 37.0 Å². The Morgan fingerprint density at radius 1 is 1.50 bits per heavy atom. The number of hydrogen-bond donors (Lipinski definition) is 2. The molecule has 2 N–H and O–H groups in total. The highest BCUT2D eigenvalue weighted by molar-refractivity contribution is 5.85. The first-order chi connectivity index (χ1) is 9.10. The van der Waals surface area contributed by atoms with E-state index in [2.05, 4.69) is 10.5 Å². The van der Waals surface area contributed by atoms with E-state index in [0.717, 1.165) is 0 Å². The van der Waals surface area contributed by atoms with Crippen LogP contribution in [0.25, 0.3) is 0 Å². The topological polar surface area (TPSA) is 96.7 Å². The predicted octanol–water partition coefficient (Wildman–Crippen LogP) is 0.990. The van der Waals surface area contributed by atoms with Crippen LogP contribution in [-0.4, -0.2) is 44.6 Å². The molecule has 0 spiro atoms. The first-order valence-corrected chi connectivity index (χ1v) is 6.06. The van der Waals surface area contributed by atoms with Crippen molar-refractivity contribution < 1.29 is 19.4 Å². The second kappa shape index (κ2) is 5.91. The van der Waals surface area contributed by atoms with E-state index in [9.17, 15) is 9.59 Å². The van der Waals surface area contributed by atoms with Crippen LogP contribution in [0.2, 0.25) is 0 Å². The second-order valence-electron chi connectivity index (χ2n) is 5.32. The molecule has 0 saturated heterocycles. The maximum absolute atomic E-state index is 11.7. The smallest absolute Gasteiger partial charge is 0.424 e. The normalized spacial score (nSPS) is 11.2. The number of aromatic nitrogens is 2. The van der Waals surface area contributed by atoms with Crippen molar-refractivity contribution in [1.29, 1.82) is 0 Å². The average Bonchev–Trinajstić information content (AvgIpc) is 2.65. The van der Waals surface area contributed by atoms with Gasteiger partial charge in [-0.15, -0.1) is 0 Å². The van der Waals surface area contributed by atoms with E-state index in [1.54, 1.807) is 27.8 Å². The first kappa shape index (κ1) is 16.0. The molecule has 1 aromatic heterocycles. The van der Waals surface area contributed by atoms with Gasteiger partial charge < -0.3 is 9.84 Å². The Morgan fingerprint density at radius 3 is 2.55 bits per heavy atom. The molecule has 8 heteroatoms. The lowest BCUT2D eigenvalue weighted by molar-refractivity contribution is 0.0195. The fraction of sp³-hybridized carbons (Fsp3) is 0.583. The Labute approximate surface area is 117 Å². The van der Waals surface area contributed by atoms with Gasteiger partial charge >= 0.3 is 12.1 Å². The van der Waals surface area contributed by atoms with Gasteiger partial charge in [-0.2, -0.15) is 5.10 Å². The summed E-state index contributed by atoms with van der Waals surface area (Å²) in [6, 6.07) is 1.44. The van der Waals surface area contributed by atoms with Crippen LogP contribution in [0, 0.1) is 0 Å². The van der Waals surface area contributed by atoms with Gasteiger partial charge in [-0.05, 0) is 26.8 Å². The molecule has 1 rings (SSSR count). The van der Waals surface area contributed by atoms with Gasteiger partial charge in [0.2, 0.25) is 0 Å². The number of amides is 1. The number of carboxylic acid groups (broad SMARTS) is 1. The lowest BCUT2D eigenvalue weighted by Gasteiger charge is -2.24. The Hall–Kier alpha value is -2.09. The van der Waals surface area contributed by atoms with Crippen molar-refractivity contribution in [2.24, 2.45) is 7.05 Å². The van der Waals surface area contributed by atoms with Crippen LogP contribution in [0.5, 0.6) is 0 Å². The number of nitrogens with zero attached hydrogens (tertiary/aromatic N) is 3. The van der Waals surface area contributed by atoms with Crippen molar-refractivity contribution in [1.82, 2.24) is 20.2 Å². The summed E-state index contributed by atoms with van der Waals surface area (Å²) < 4.78 is 6.61. The Bertz CT molecular complexity index is 504. The second-order valence-corrected chi connectivity index (χ2v) is 5.32. The van der Waals surface area contributed by atoms with Crippen molar-refractivity contribution in [3.05, 3.63) is 17.5 Å². The number of hydrogen-bond acceptors (Lipinski definition) is 5. The molecule has 0 aliphatic heterocycles. The van der Waals surface area contributed by atoms with E-state index < -0.39 is 17.7 Å². The third kappa shape index (κ3) is 4.54. The van der Waals surface area contributed by atoms with Gasteiger partial charge in [-0.25, -0.2) is 20.0 Å². The van der Waals surface area contributed by atoms with Gasteiger partial charge in [0.1, 0.15) is 5.60 Å². The minimum absolute atomic E-state index is 0.0378. The Balaban J connectivity index is 2.59. The molecule has 0 fully saturated rings. The highest BCUT2D eigenvalue weighted by Crippen LogP contribution is 2.08. The van der Waals surface area contributed by atoms with Crippen molar-refractivity contribution >= 4 is 12.1 Å². The van der Waals surface area contributed by atoms with Gasteiger partial charge in [0.15, 0.2) is 5.69 Å². The highest BCUT2D eigenvalue weighted by Gasteiger charge is 2.20. The molecular formula is C12H20N4O4. The van der Waals surface area contributed by atoms with Crippen LogP contribution in [0.4, 0.5) is 4.79 Å². The lowest BCUT2D eigenvalue weighted by Crippen LogP contribution is -2.42. The molecule has 0 atom stereocenters. The molecule has 1 amide bonds. The molecule has 0 unspecified atom stereocenters. The van der Waals surface area contributed by atoms with Crippen LogP contribution in [0.15, 0.2) is 6.07 Å². The molecule has 1 heterocycles. The summed E-state index contributed by atoms with van der Waals surface area (Å²) in [7, 11) is 3.17. The van der Waals surface area contributed by atoms with Gasteiger partial charge in [0.05, 0.1) is 12.2 Å². The minimum Gasteiger partial charge on any atom is -0.476 e. The monoisotopic (exact) mass is 284 g/mol. The van der Waals surface area contributed by atoms with Crippen LogP contribution in [0.3, 0.4) is 0 Å². The van der Waals surface area contributed by atoms with Gasteiger partial charge in [-0.3, -0.25) is 4.68 Å². The SMILES string of the molecule is CN(NCc1cc(C(=O)O)nn1C)C(=O)OC(C)(C)C. The number of ether oxygens (including phenoxy) is 1. The molecular weight excluding hydrogens is 264 g/mol. The van der Waals surface area contributed by atoms with E-state index in [1.807, 2.05) is 0 Å². The third-order valence-corrected chi connectivity index (χ3v) is 2.36. The van der Waals surface area contributed by atoms with Crippen LogP contribution >= 0.6 is 0 Å². The molecule has 0 radical (unpaired) electrons. The minimum atomic E-state index is -1.09. The maximum atomic E-state index is 11.7. The lowest BCUT2D eigenvalue weighted by atomic mass is 10.2. The Kier molecular flexibility index (Phi) is 4.72. The molecule has 1 aromatic rings. The van der Waals surface area contributed by atoms with Crippen molar-refractivity contribution in [2.75, 3.05) is 7.05 Å². The summed E-state index contributed by atoms with van der Waals surface area (Å²) in [5.41, 5.74) is 2.85. The standard InChI is InChI=1S/C12H20N4O4/c1-12(2,3)20-11(19)16(5)13-7-8-6-9(10(17)18)14-15(8)4/h6,13H,7H2,1-5H3,(H,17,18). The predicted molar refractivity (Wildman–Crippen MR) is 71.0 cm³/mol. The quantitative estimate of drug-likeness (QED) is 0.800. The summed E-state index contributed by atoms with van der Waals surface area (Å²) in [5, 5.41) is 13.9. The van der Waals surface area contributed by atoms with Crippen LogP contribution in [-0.2, 0) is 18.3 Å². The number of aromatic carboxylic acids is 1. The maximum Gasteiger partial charge on any atom is 0.424 e. The number of carboxylic acids is 1. The van der Waals surface area contributed by atoms with E-state index in [0.29, 0.717) is 5.69 Å². The van der Waals surface area contributed by atoms with Crippen molar-refractivity contribution in [2.45, 2.75) is 32.9 Å². The van der Waals surface area contributed by atoms with E-state index >= 15 is 0 Å². The number of aryl methyl sites for hydroxylation is 1. The molecule has 0 aromatic carbocycles. The summed E-state index contributed by atoms with van der Waals surface area (Å²) >= 11 is 0. The largest absolute Gasteiger partial charge is 0.476 e. The molecule has 20 heavy (non-hydrogen) atoms. The zero-order chi connectivity index (χ0) is 15.5. The zero-order valence-electron chi connectivity index (χ0n) is 12.3. The van der Waals surface area contributed by atoms with Crippen molar-refractivity contribution in [3.8, 4) is 0 Å². The highest BCUT2D eigenvalue weighted by atomic mass is 16.6. The number of carbonyl (C=O) groups excluding carboxylic acids is 1. The molecule has 112 valence electrons. The van der Waals surface area contributed by atoms with E-state index in [1.165, 1.54) is 22.8 Å². The van der Waals surface area contributed by atoms with E-state index in [4.69, 9.17) is 9.84 Å². The van der Waals surface area contributed by atoms with Gasteiger partial charge in [0.25, 0.3) is 0 Å². The Morgan fingerprint density at radius 2 is 2.10 bits per heavy atom. The summed E-state index contributed by atoms with van der Waals surface area (Å²) in [6.07, 6.45) is -0.516. The van der Waals surface area contributed by atoms with E-state index in [-0.39, 0.29) is 12.2 Å². The number of carbonyl (C=O) groups is 2. The third-order valence-electron chi connectivity index (χ3n) is 2.36. The molecule has 0 saturated carbocycles. The van der Waals surface area contributed by atoms with Gasteiger partial charge in [-0.1, -0.05) is 0 Å².